The topological polar surface area (TPSA) is 66.5 Å². The zero-order valence-electron chi connectivity index (χ0n) is 14.1. The summed E-state index contributed by atoms with van der Waals surface area (Å²) >= 11 is 1.64. The number of aryl methyl sites for hydroxylation is 4. The first-order valence-electron chi connectivity index (χ1n) is 7.77. The number of nitrogens with zero attached hydrogens (tertiary/aromatic N) is 2. The molecular formula is C17H24N4OS. The lowest BCUT2D eigenvalue weighted by molar-refractivity contribution is 0.569. The van der Waals surface area contributed by atoms with Crippen LogP contribution < -0.4 is 5.56 Å². The first-order chi connectivity index (χ1) is 11.0. The van der Waals surface area contributed by atoms with Crippen LogP contribution in [0.4, 0.5) is 0 Å². The van der Waals surface area contributed by atoms with Gasteiger partial charge in [0.05, 0.1) is 0 Å². The van der Waals surface area contributed by atoms with Gasteiger partial charge in [-0.15, -0.1) is 0 Å². The van der Waals surface area contributed by atoms with Crippen LogP contribution in [0, 0.1) is 13.8 Å². The third kappa shape index (κ3) is 5.32. The second-order valence-electron chi connectivity index (χ2n) is 5.67. The highest BCUT2D eigenvalue weighted by molar-refractivity contribution is 7.98. The fourth-order valence-corrected chi connectivity index (χ4v) is 3.25. The van der Waals surface area contributed by atoms with Crippen molar-refractivity contribution in [3.8, 4) is 0 Å². The molecule has 2 aromatic rings. The predicted octanol–water partition coefficient (Wildman–Crippen LogP) is 3.42. The lowest BCUT2D eigenvalue weighted by Crippen LogP contribution is -2.15. The van der Waals surface area contributed by atoms with Gasteiger partial charge in [0, 0.05) is 24.6 Å². The molecule has 0 atom stereocenters. The van der Waals surface area contributed by atoms with Gasteiger partial charge >= 0.3 is 0 Å². The summed E-state index contributed by atoms with van der Waals surface area (Å²) in [4.78, 5) is 17.9. The maximum Gasteiger partial charge on any atom is 0.265 e. The van der Waals surface area contributed by atoms with Crippen molar-refractivity contribution in [1.29, 1.82) is 0 Å². The molecule has 0 saturated heterocycles. The first-order valence-corrected chi connectivity index (χ1v) is 8.75. The molecule has 1 aromatic carbocycles. The molecular weight excluding hydrogens is 308 g/mol. The maximum atomic E-state index is 11.8. The minimum Gasteiger partial charge on any atom is -0.268 e. The molecule has 0 spiro atoms. The number of nitrogens with one attached hydrogen (secondary N) is 2. The lowest BCUT2D eigenvalue weighted by Gasteiger charge is -2.08. The smallest absolute Gasteiger partial charge is 0.265 e. The summed E-state index contributed by atoms with van der Waals surface area (Å²) in [6.07, 6.45) is 1.74. The SMILES string of the molecule is CCCc1cc(=O)[nH]n(C)[nH]c(SCc2cc(C)ccc2C)n1. The Labute approximate surface area is 140 Å². The van der Waals surface area contributed by atoms with E-state index in [0.717, 1.165) is 29.4 Å². The minimum atomic E-state index is -0.161. The molecule has 1 heterocycles. The van der Waals surface area contributed by atoms with Crippen molar-refractivity contribution in [3.05, 3.63) is 57.0 Å². The van der Waals surface area contributed by atoms with E-state index in [9.17, 15) is 4.79 Å². The quantitative estimate of drug-likeness (QED) is 0.825. The predicted molar refractivity (Wildman–Crippen MR) is 95.3 cm³/mol. The number of rotatable bonds is 5. The molecule has 0 amide bonds. The van der Waals surface area contributed by atoms with Crippen LogP contribution in [-0.4, -0.2) is 20.0 Å². The van der Waals surface area contributed by atoms with Gasteiger partial charge in [-0.2, -0.15) is 0 Å². The lowest BCUT2D eigenvalue weighted by atomic mass is 10.1. The van der Waals surface area contributed by atoms with Gasteiger partial charge in [-0.25, -0.2) is 14.9 Å². The molecule has 124 valence electrons. The van der Waals surface area contributed by atoms with E-state index in [0.29, 0.717) is 0 Å². The van der Waals surface area contributed by atoms with Gasteiger partial charge in [-0.1, -0.05) is 48.9 Å². The Hall–Kier alpha value is -1.95. The van der Waals surface area contributed by atoms with E-state index in [4.69, 9.17) is 0 Å². The number of aromatic amines is 2. The molecule has 0 unspecified atom stereocenters. The summed E-state index contributed by atoms with van der Waals surface area (Å²) in [5, 5.41) is 6.63. The summed E-state index contributed by atoms with van der Waals surface area (Å²) in [6.45, 7) is 6.30. The molecule has 0 saturated carbocycles. The molecule has 1 aromatic heterocycles. The molecule has 0 aliphatic heterocycles. The summed E-state index contributed by atoms with van der Waals surface area (Å²) in [7, 11) is 1.75. The first kappa shape index (κ1) is 17.4. The Balaban J connectivity index is 2.31. The zero-order chi connectivity index (χ0) is 16.8. The average molecular weight is 332 g/mol. The van der Waals surface area contributed by atoms with Crippen molar-refractivity contribution >= 4 is 11.8 Å². The maximum absolute atomic E-state index is 11.8. The van der Waals surface area contributed by atoms with E-state index in [-0.39, 0.29) is 5.56 Å². The normalized spacial score (nSPS) is 10.6. The van der Waals surface area contributed by atoms with Crippen LogP contribution in [0.15, 0.2) is 34.2 Å². The highest BCUT2D eigenvalue weighted by atomic mass is 32.2. The van der Waals surface area contributed by atoms with E-state index in [1.807, 2.05) is 0 Å². The number of thioether (sulfide) groups is 1. The van der Waals surface area contributed by atoms with Crippen LogP contribution in [0.1, 0.15) is 35.7 Å². The molecule has 5 nitrogen and oxygen atoms in total. The molecule has 0 aliphatic carbocycles. The van der Waals surface area contributed by atoms with Gasteiger partial charge in [0.25, 0.3) is 5.56 Å². The molecule has 0 radical (unpaired) electrons. The molecule has 23 heavy (non-hydrogen) atoms. The van der Waals surface area contributed by atoms with Crippen molar-refractivity contribution in [1.82, 2.24) is 20.0 Å². The summed E-state index contributed by atoms with van der Waals surface area (Å²) in [6, 6.07) is 8.05. The summed E-state index contributed by atoms with van der Waals surface area (Å²) in [5.41, 5.74) is 4.48. The van der Waals surface area contributed by atoms with Crippen LogP contribution in [0.3, 0.4) is 0 Å². The number of hydrogen-bond acceptors (Lipinski definition) is 3. The Bertz CT molecular complexity index is 771. The van der Waals surface area contributed by atoms with Crippen molar-refractivity contribution in [2.45, 2.75) is 44.5 Å². The molecule has 6 heteroatoms. The largest absolute Gasteiger partial charge is 0.268 e. The number of hydrogen-bond donors (Lipinski definition) is 2. The van der Waals surface area contributed by atoms with Crippen LogP contribution >= 0.6 is 11.8 Å². The van der Waals surface area contributed by atoms with Gasteiger partial charge in [0.2, 0.25) is 0 Å². The van der Waals surface area contributed by atoms with Crippen molar-refractivity contribution in [2.75, 3.05) is 0 Å². The molecule has 0 fully saturated rings. The van der Waals surface area contributed by atoms with Crippen molar-refractivity contribution in [3.63, 3.8) is 0 Å². The third-order valence-electron chi connectivity index (χ3n) is 3.46. The average Bonchev–Trinajstić information content (AvgIpc) is 2.46. The Morgan fingerprint density at radius 2 is 2.00 bits per heavy atom. The van der Waals surface area contributed by atoms with E-state index in [1.54, 1.807) is 24.9 Å². The number of benzene rings is 1. The van der Waals surface area contributed by atoms with Crippen LogP contribution in [0.25, 0.3) is 0 Å². The standard InChI is InChI=1S/C17H24N4OS/c1-5-6-15-10-16(22)19-21(4)20-17(18-15)23-11-14-9-12(2)7-8-13(14)3/h7-10H,5-6,11H2,1-4H3,(H,18,20)(H,19,22). The third-order valence-corrected chi connectivity index (χ3v) is 4.37. The minimum absolute atomic E-state index is 0.161. The van der Waals surface area contributed by atoms with Crippen molar-refractivity contribution < 1.29 is 0 Å². The summed E-state index contributed by atoms with van der Waals surface area (Å²) in [5.74, 6) is 0.834. The molecule has 0 aliphatic rings. The highest BCUT2D eigenvalue weighted by Crippen LogP contribution is 2.21. The fraction of sp³-hybridized carbons (Fsp3) is 0.412. The van der Waals surface area contributed by atoms with Crippen LogP contribution in [0.5, 0.6) is 0 Å². The highest BCUT2D eigenvalue weighted by Gasteiger charge is 2.03. The second-order valence-corrected chi connectivity index (χ2v) is 6.63. The zero-order valence-corrected chi connectivity index (χ0v) is 15.0. The van der Waals surface area contributed by atoms with Gasteiger partial charge in [0.15, 0.2) is 5.16 Å². The van der Waals surface area contributed by atoms with E-state index < -0.39 is 0 Å². The van der Waals surface area contributed by atoms with E-state index >= 15 is 0 Å². The van der Waals surface area contributed by atoms with Crippen LogP contribution in [0.2, 0.25) is 0 Å². The van der Waals surface area contributed by atoms with Gasteiger partial charge in [-0.3, -0.25) is 9.89 Å². The number of aromatic nitrogens is 4. The monoisotopic (exact) mass is 332 g/mol. The van der Waals surface area contributed by atoms with Gasteiger partial charge in [0.1, 0.15) is 0 Å². The molecule has 2 N–H and O–H groups in total. The molecule has 2 rings (SSSR count). The Morgan fingerprint density at radius 3 is 2.74 bits per heavy atom. The van der Waals surface area contributed by atoms with Crippen molar-refractivity contribution in [2.24, 2.45) is 7.05 Å². The fourth-order valence-electron chi connectivity index (χ4n) is 2.26. The molecule has 0 bridgehead atoms. The van der Waals surface area contributed by atoms with E-state index in [1.165, 1.54) is 21.5 Å². The Morgan fingerprint density at radius 1 is 1.22 bits per heavy atom. The van der Waals surface area contributed by atoms with E-state index in [2.05, 4.69) is 54.2 Å². The van der Waals surface area contributed by atoms with Gasteiger partial charge in [-0.05, 0) is 31.4 Å². The number of H-pyrrole nitrogens is 2. The summed E-state index contributed by atoms with van der Waals surface area (Å²) < 4.78 is 0. The van der Waals surface area contributed by atoms with Crippen LogP contribution in [-0.2, 0) is 19.2 Å². The second kappa shape index (κ2) is 8.06. The Kier molecular flexibility index (Phi) is 6.10. The van der Waals surface area contributed by atoms with Gasteiger partial charge < -0.3 is 0 Å².